The van der Waals surface area contributed by atoms with Gasteiger partial charge in [-0.25, -0.2) is 13.4 Å². The molecule has 11 heteroatoms. The number of fused-ring (bicyclic) bond motifs is 1. The number of aromatic amines is 1. The van der Waals surface area contributed by atoms with Gasteiger partial charge in [0.05, 0.1) is 34.9 Å². The maximum atomic E-state index is 13.4. The van der Waals surface area contributed by atoms with E-state index in [1.54, 1.807) is 6.07 Å². The number of nitrogens with one attached hydrogen (secondary N) is 1. The van der Waals surface area contributed by atoms with E-state index in [4.69, 9.17) is 9.72 Å². The lowest BCUT2D eigenvalue weighted by molar-refractivity contribution is -0.385. The smallest absolute Gasteiger partial charge is 0.270 e. The minimum Gasteiger partial charge on any atom is -0.379 e. The van der Waals surface area contributed by atoms with Crippen LogP contribution in [0.2, 0.25) is 0 Å². The topological polar surface area (TPSA) is 122 Å². The molecule has 10 nitrogen and oxygen atoms in total. The second kappa shape index (κ2) is 8.73. The van der Waals surface area contributed by atoms with Crippen LogP contribution in [0.15, 0.2) is 47.4 Å². The number of nitrogens with zero attached hydrogens (tertiary/aromatic N) is 4. The molecule has 1 N–H and O–H groups in total. The number of piperidine rings is 1. The molecule has 3 aromatic rings. The summed E-state index contributed by atoms with van der Waals surface area (Å²) < 4.78 is 33.5. The number of ether oxygens (including phenoxy) is 1. The van der Waals surface area contributed by atoms with E-state index in [1.165, 1.54) is 16.4 Å². The number of H-pyrrole nitrogens is 1. The summed E-state index contributed by atoms with van der Waals surface area (Å²) in [4.78, 5) is 20.9. The molecule has 0 atom stereocenters. The summed E-state index contributed by atoms with van der Waals surface area (Å²) in [6.45, 7) is 2.35. The Kier molecular flexibility index (Phi) is 5.77. The number of nitro groups is 1. The van der Waals surface area contributed by atoms with E-state index in [1.807, 2.05) is 29.2 Å². The van der Waals surface area contributed by atoms with Crippen molar-refractivity contribution in [1.29, 1.82) is 0 Å². The van der Waals surface area contributed by atoms with Gasteiger partial charge in [-0.15, -0.1) is 0 Å². The summed E-state index contributed by atoms with van der Waals surface area (Å²) in [5.41, 5.74) is 2.21. The normalized spacial score (nSPS) is 18.6. The number of rotatable bonds is 5. The summed E-state index contributed by atoms with van der Waals surface area (Å²) in [6, 6.07) is 12.0. The molecule has 0 radical (unpaired) electrons. The SMILES string of the molecule is O=[N+]([O-])c1ccc(N2CCC(c3nc4ccccc4[nH]3)CC2)c(S(=O)(=O)N2CCOCC2)c1. The number of nitro benzene ring substituents is 1. The van der Waals surface area contributed by atoms with Gasteiger partial charge in [-0.3, -0.25) is 10.1 Å². The van der Waals surface area contributed by atoms with Gasteiger partial charge in [-0.05, 0) is 31.0 Å². The summed E-state index contributed by atoms with van der Waals surface area (Å²) in [7, 11) is -3.89. The zero-order chi connectivity index (χ0) is 23.0. The standard InChI is InChI=1S/C22H25N5O5S/c28-27(29)17-5-6-20(21(15-17)33(30,31)26-11-13-32-14-12-26)25-9-7-16(8-10-25)22-23-18-3-1-2-4-19(18)24-22/h1-6,15-16H,7-14H2,(H,23,24). The molecule has 0 amide bonds. The van der Waals surface area contributed by atoms with Crippen molar-refractivity contribution in [3.05, 3.63) is 58.4 Å². The highest BCUT2D eigenvalue weighted by Crippen LogP contribution is 2.36. The van der Waals surface area contributed by atoms with Crippen LogP contribution in [0.5, 0.6) is 0 Å². The first kappa shape index (κ1) is 21.8. The third kappa shape index (κ3) is 4.19. The number of anilines is 1. The molecule has 5 rings (SSSR count). The Balaban J connectivity index is 1.41. The van der Waals surface area contributed by atoms with Crippen molar-refractivity contribution in [3.8, 4) is 0 Å². The highest BCUT2D eigenvalue weighted by atomic mass is 32.2. The molecule has 0 bridgehead atoms. The van der Waals surface area contributed by atoms with Crippen molar-refractivity contribution < 1.29 is 18.1 Å². The molecular formula is C22H25N5O5S. The van der Waals surface area contributed by atoms with Crippen molar-refractivity contribution >= 4 is 32.4 Å². The Labute approximate surface area is 191 Å². The number of morpholine rings is 1. The summed E-state index contributed by atoms with van der Waals surface area (Å²) in [6.07, 6.45) is 1.60. The lowest BCUT2D eigenvalue weighted by Crippen LogP contribution is -2.41. The van der Waals surface area contributed by atoms with Crippen LogP contribution in [-0.4, -0.2) is 67.0 Å². The van der Waals surface area contributed by atoms with Gasteiger partial charge in [0.15, 0.2) is 0 Å². The second-order valence-electron chi connectivity index (χ2n) is 8.33. The highest BCUT2D eigenvalue weighted by molar-refractivity contribution is 7.89. The number of para-hydroxylation sites is 2. The third-order valence-electron chi connectivity index (χ3n) is 6.37. The van der Waals surface area contributed by atoms with E-state index in [9.17, 15) is 18.5 Å². The Morgan fingerprint density at radius 2 is 1.79 bits per heavy atom. The van der Waals surface area contributed by atoms with E-state index < -0.39 is 14.9 Å². The van der Waals surface area contributed by atoms with Crippen LogP contribution in [0, 0.1) is 10.1 Å². The fraction of sp³-hybridized carbons (Fsp3) is 0.409. The second-order valence-corrected chi connectivity index (χ2v) is 10.2. The van der Waals surface area contributed by atoms with Gasteiger partial charge in [0.1, 0.15) is 10.7 Å². The van der Waals surface area contributed by atoms with Crippen LogP contribution >= 0.6 is 0 Å². The molecule has 2 aliphatic rings. The fourth-order valence-electron chi connectivity index (χ4n) is 4.57. The average Bonchev–Trinajstić information content (AvgIpc) is 3.29. The molecule has 33 heavy (non-hydrogen) atoms. The lowest BCUT2D eigenvalue weighted by atomic mass is 9.95. The molecule has 2 aromatic carbocycles. The third-order valence-corrected chi connectivity index (χ3v) is 8.30. The number of hydrogen-bond donors (Lipinski definition) is 1. The van der Waals surface area contributed by atoms with Crippen molar-refractivity contribution in [1.82, 2.24) is 14.3 Å². The van der Waals surface area contributed by atoms with Crippen LogP contribution in [-0.2, 0) is 14.8 Å². The van der Waals surface area contributed by atoms with E-state index in [2.05, 4.69) is 4.98 Å². The monoisotopic (exact) mass is 471 g/mol. The van der Waals surface area contributed by atoms with Crippen molar-refractivity contribution in [2.75, 3.05) is 44.3 Å². The minimum absolute atomic E-state index is 0.0132. The van der Waals surface area contributed by atoms with Gasteiger partial charge in [0, 0.05) is 44.2 Å². The van der Waals surface area contributed by atoms with Gasteiger partial charge in [0.2, 0.25) is 10.0 Å². The van der Waals surface area contributed by atoms with Gasteiger partial charge < -0.3 is 14.6 Å². The van der Waals surface area contributed by atoms with Gasteiger partial charge in [0.25, 0.3) is 5.69 Å². The highest BCUT2D eigenvalue weighted by Gasteiger charge is 2.33. The van der Waals surface area contributed by atoms with Gasteiger partial charge in [-0.2, -0.15) is 4.31 Å². The van der Waals surface area contributed by atoms with Crippen molar-refractivity contribution in [2.24, 2.45) is 0 Å². The number of sulfonamides is 1. The predicted molar refractivity (Wildman–Crippen MR) is 123 cm³/mol. The summed E-state index contributed by atoms with van der Waals surface area (Å²) >= 11 is 0. The van der Waals surface area contributed by atoms with Gasteiger partial charge in [-0.1, -0.05) is 12.1 Å². The Morgan fingerprint density at radius 3 is 2.48 bits per heavy atom. The number of benzene rings is 2. The van der Waals surface area contributed by atoms with Crippen LogP contribution in [0.25, 0.3) is 11.0 Å². The maximum absolute atomic E-state index is 13.4. The molecule has 0 unspecified atom stereocenters. The average molecular weight is 472 g/mol. The summed E-state index contributed by atoms with van der Waals surface area (Å²) in [5, 5.41) is 11.4. The largest absolute Gasteiger partial charge is 0.379 e. The molecule has 0 spiro atoms. The number of aromatic nitrogens is 2. The molecule has 174 valence electrons. The molecular weight excluding hydrogens is 446 g/mol. The molecule has 2 aliphatic heterocycles. The minimum atomic E-state index is -3.89. The fourth-order valence-corrected chi connectivity index (χ4v) is 6.21. The quantitative estimate of drug-likeness (QED) is 0.448. The van der Waals surface area contributed by atoms with E-state index >= 15 is 0 Å². The zero-order valence-electron chi connectivity index (χ0n) is 18.0. The van der Waals surface area contributed by atoms with E-state index in [-0.39, 0.29) is 29.6 Å². The van der Waals surface area contributed by atoms with Crippen molar-refractivity contribution in [2.45, 2.75) is 23.7 Å². The Hall–Kier alpha value is -3.02. The van der Waals surface area contributed by atoms with Crippen LogP contribution in [0.1, 0.15) is 24.6 Å². The molecule has 2 fully saturated rings. The number of hydrogen-bond acceptors (Lipinski definition) is 7. The molecule has 0 saturated carbocycles. The maximum Gasteiger partial charge on any atom is 0.270 e. The molecule has 1 aromatic heterocycles. The van der Waals surface area contributed by atoms with Crippen LogP contribution in [0.4, 0.5) is 11.4 Å². The first-order chi connectivity index (χ1) is 15.9. The summed E-state index contributed by atoms with van der Waals surface area (Å²) in [5.74, 6) is 1.19. The number of non-ortho nitro benzene ring substituents is 1. The predicted octanol–water partition coefficient (Wildman–Crippen LogP) is 2.88. The molecule has 0 aliphatic carbocycles. The first-order valence-corrected chi connectivity index (χ1v) is 12.4. The molecule has 3 heterocycles. The number of imidazole rings is 1. The van der Waals surface area contributed by atoms with Crippen molar-refractivity contribution in [3.63, 3.8) is 0 Å². The van der Waals surface area contributed by atoms with Gasteiger partial charge >= 0.3 is 0 Å². The Morgan fingerprint density at radius 1 is 1.06 bits per heavy atom. The lowest BCUT2D eigenvalue weighted by Gasteiger charge is -2.35. The van der Waals surface area contributed by atoms with Crippen LogP contribution < -0.4 is 4.90 Å². The Bertz CT molecular complexity index is 1240. The first-order valence-electron chi connectivity index (χ1n) is 11.0. The molecule has 2 saturated heterocycles. The van der Waals surface area contributed by atoms with E-state index in [0.717, 1.165) is 29.7 Å². The zero-order valence-corrected chi connectivity index (χ0v) is 18.8. The van der Waals surface area contributed by atoms with Crippen LogP contribution in [0.3, 0.4) is 0 Å². The van der Waals surface area contributed by atoms with E-state index in [0.29, 0.717) is 32.0 Å².